The predicted octanol–water partition coefficient (Wildman–Crippen LogP) is 4.27. The minimum atomic E-state index is 1.08. The normalized spacial score (nSPS) is 10.1. The molecule has 3 heteroatoms. The standard InChI is InChI=1S/C11H7Br2N/c12-9-1-2-11(13)10(7-9)8-3-5-14-6-4-8/h1-7H. The molecule has 1 aromatic carbocycles. The average molecular weight is 313 g/mol. The van der Waals surface area contributed by atoms with Crippen molar-refractivity contribution in [2.45, 2.75) is 0 Å². The lowest BCUT2D eigenvalue weighted by Crippen LogP contribution is -1.80. The highest BCUT2D eigenvalue weighted by atomic mass is 79.9. The summed E-state index contributed by atoms with van der Waals surface area (Å²) in [5.74, 6) is 0. The number of hydrogen-bond acceptors (Lipinski definition) is 1. The van der Waals surface area contributed by atoms with E-state index in [0.717, 1.165) is 14.5 Å². The minimum absolute atomic E-state index is 1.08. The van der Waals surface area contributed by atoms with E-state index in [1.165, 1.54) is 5.56 Å². The number of aromatic nitrogens is 1. The Morgan fingerprint density at radius 2 is 1.64 bits per heavy atom. The molecule has 2 aromatic rings. The topological polar surface area (TPSA) is 12.9 Å². The highest BCUT2D eigenvalue weighted by molar-refractivity contribution is 9.11. The number of hydrogen-bond donors (Lipinski definition) is 0. The molecule has 1 heterocycles. The van der Waals surface area contributed by atoms with E-state index >= 15 is 0 Å². The number of benzene rings is 1. The summed E-state index contributed by atoms with van der Waals surface area (Å²) in [6.45, 7) is 0. The molecule has 1 nitrogen and oxygen atoms in total. The van der Waals surface area contributed by atoms with Gasteiger partial charge in [0.15, 0.2) is 0 Å². The van der Waals surface area contributed by atoms with Crippen LogP contribution >= 0.6 is 31.9 Å². The van der Waals surface area contributed by atoms with Crippen molar-refractivity contribution in [2.75, 3.05) is 0 Å². The smallest absolute Gasteiger partial charge is 0.0273 e. The fourth-order valence-corrected chi connectivity index (χ4v) is 2.09. The second-order valence-electron chi connectivity index (χ2n) is 2.86. The Balaban J connectivity index is 2.57. The SMILES string of the molecule is Brc1ccc(Br)c(-c2ccncc2)c1. The fraction of sp³-hybridized carbons (Fsp3) is 0. The van der Waals surface area contributed by atoms with Gasteiger partial charge in [0, 0.05) is 21.3 Å². The second kappa shape index (κ2) is 4.24. The Morgan fingerprint density at radius 1 is 0.929 bits per heavy atom. The summed E-state index contributed by atoms with van der Waals surface area (Å²) < 4.78 is 2.17. The van der Waals surface area contributed by atoms with Gasteiger partial charge in [-0.3, -0.25) is 4.98 Å². The fourth-order valence-electron chi connectivity index (χ4n) is 1.25. The third kappa shape index (κ3) is 2.04. The van der Waals surface area contributed by atoms with E-state index in [4.69, 9.17) is 0 Å². The molecule has 0 aliphatic carbocycles. The molecular weight excluding hydrogens is 306 g/mol. The van der Waals surface area contributed by atoms with Crippen LogP contribution in [0.5, 0.6) is 0 Å². The van der Waals surface area contributed by atoms with E-state index in [0.29, 0.717) is 0 Å². The molecule has 0 radical (unpaired) electrons. The number of pyridine rings is 1. The van der Waals surface area contributed by atoms with Crippen LogP contribution in [0.1, 0.15) is 0 Å². The van der Waals surface area contributed by atoms with E-state index < -0.39 is 0 Å². The van der Waals surface area contributed by atoms with Crippen molar-refractivity contribution in [3.05, 3.63) is 51.7 Å². The number of nitrogens with zero attached hydrogens (tertiary/aromatic N) is 1. The Hall–Kier alpha value is -0.670. The van der Waals surface area contributed by atoms with Gasteiger partial charge in [-0.1, -0.05) is 31.9 Å². The van der Waals surface area contributed by atoms with Gasteiger partial charge in [-0.25, -0.2) is 0 Å². The molecule has 0 bridgehead atoms. The van der Waals surface area contributed by atoms with Crippen LogP contribution in [0.4, 0.5) is 0 Å². The molecule has 0 atom stereocenters. The monoisotopic (exact) mass is 311 g/mol. The zero-order chi connectivity index (χ0) is 9.97. The lowest BCUT2D eigenvalue weighted by molar-refractivity contribution is 1.33. The van der Waals surface area contributed by atoms with E-state index in [1.807, 2.05) is 24.3 Å². The summed E-state index contributed by atoms with van der Waals surface area (Å²) in [5, 5.41) is 0. The van der Waals surface area contributed by atoms with Crippen LogP contribution in [0.15, 0.2) is 51.7 Å². The van der Waals surface area contributed by atoms with Gasteiger partial charge in [-0.2, -0.15) is 0 Å². The van der Waals surface area contributed by atoms with Crippen LogP contribution in [-0.4, -0.2) is 4.98 Å². The highest BCUT2D eigenvalue weighted by Crippen LogP contribution is 2.30. The van der Waals surface area contributed by atoms with Crippen molar-refractivity contribution in [3.8, 4) is 11.1 Å². The van der Waals surface area contributed by atoms with Gasteiger partial charge in [0.1, 0.15) is 0 Å². The third-order valence-corrected chi connectivity index (χ3v) is 3.10. The molecule has 0 amide bonds. The second-order valence-corrected chi connectivity index (χ2v) is 4.63. The first-order valence-corrected chi connectivity index (χ1v) is 5.71. The summed E-state index contributed by atoms with van der Waals surface area (Å²) in [5.41, 5.74) is 2.33. The lowest BCUT2D eigenvalue weighted by atomic mass is 10.1. The minimum Gasteiger partial charge on any atom is -0.265 e. The molecule has 0 aliphatic rings. The lowest BCUT2D eigenvalue weighted by Gasteiger charge is -2.04. The van der Waals surface area contributed by atoms with Gasteiger partial charge in [-0.05, 0) is 41.5 Å². The zero-order valence-corrected chi connectivity index (χ0v) is 10.4. The molecule has 0 saturated heterocycles. The van der Waals surface area contributed by atoms with Crippen LogP contribution in [0.3, 0.4) is 0 Å². The number of rotatable bonds is 1. The first-order valence-electron chi connectivity index (χ1n) is 4.13. The Morgan fingerprint density at radius 3 is 2.36 bits per heavy atom. The van der Waals surface area contributed by atoms with Gasteiger partial charge in [-0.15, -0.1) is 0 Å². The molecule has 0 unspecified atom stereocenters. The van der Waals surface area contributed by atoms with E-state index in [2.05, 4.69) is 42.9 Å². The molecule has 0 saturated carbocycles. The summed E-state index contributed by atoms with van der Waals surface area (Å²) in [7, 11) is 0. The van der Waals surface area contributed by atoms with Crippen LogP contribution in [0.2, 0.25) is 0 Å². The molecule has 0 fully saturated rings. The van der Waals surface area contributed by atoms with Gasteiger partial charge < -0.3 is 0 Å². The molecule has 14 heavy (non-hydrogen) atoms. The van der Waals surface area contributed by atoms with Crippen molar-refractivity contribution in [1.29, 1.82) is 0 Å². The Bertz CT molecular complexity index is 440. The maximum atomic E-state index is 4.00. The molecule has 1 aromatic heterocycles. The van der Waals surface area contributed by atoms with Crippen molar-refractivity contribution < 1.29 is 0 Å². The van der Waals surface area contributed by atoms with Crippen molar-refractivity contribution in [3.63, 3.8) is 0 Å². The molecular formula is C11H7Br2N. The van der Waals surface area contributed by atoms with Crippen LogP contribution in [0, 0.1) is 0 Å². The van der Waals surface area contributed by atoms with E-state index in [1.54, 1.807) is 12.4 Å². The van der Waals surface area contributed by atoms with Crippen molar-refractivity contribution in [1.82, 2.24) is 4.98 Å². The molecule has 0 spiro atoms. The van der Waals surface area contributed by atoms with Gasteiger partial charge in [0.2, 0.25) is 0 Å². The van der Waals surface area contributed by atoms with E-state index in [9.17, 15) is 0 Å². The predicted molar refractivity (Wildman–Crippen MR) is 65.1 cm³/mol. The average Bonchev–Trinajstić information content (AvgIpc) is 2.23. The molecule has 0 N–H and O–H groups in total. The molecule has 70 valence electrons. The highest BCUT2D eigenvalue weighted by Gasteiger charge is 2.02. The van der Waals surface area contributed by atoms with Crippen LogP contribution < -0.4 is 0 Å². The van der Waals surface area contributed by atoms with Gasteiger partial charge >= 0.3 is 0 Å². The molecule has 0 aliphatic heterocycles. The van der Waals surface area contributed by atoms with Crippen LogP contribution in [0.25, 0.3) is 11.1 Å². The Kier molecular flexibility index (Phi) is 2.99. The maximum absolute atomic E-state index is 4.00. The quantitative estimate of drug-likeness (QED) is 0.766. The summed E-state index contributed by atoms with van der Waals surface area (Å²) >= 11 is 6.98. The Labute approximate surface area is 99.4 Å². The van der Waals surface area contributed by atoms with Crippen molar-refractivity contribution in [2.24, 2.45) is 0 Å². The first-order chi connectivity index (χ1) is 6.77. The third-order valence-electron chi connectivity index (χ3n) is 1.92. The van der Waals surface area contributed by atoms with Gasteiger partial charge in [0.25, 0.3) is 0 Å². The summed E-state index contributed by atoms with van der Waals surface area (Å²) in [6.07, 6.45) is 3.59. The largest absolute Gasteiger partial charge is 0.265 e. The zero-order valence-electron chi connectivity index (χ0n) is 7.24. The number of halogens is 2. The maximum Gasteiger partial charge on any atom is 0.0273 e. The van der Waals surface area contributed by atoms with Crippen LogP contribution in [-0.2, 0) is 0 Å². The summed E-state index contributed by atoms with van der Waals surface area (Å²) in [4.78, 5) is 4.00. The van der Waals surface area contributed by atoms with Gasteiger partial charge in [0.05, 0.1) is 0 Å². The van der Waals surface area contributed by atoms with E-state index in [-0.39, 0.29) is 0 Å². The summed E-state index contributed by atoms with van der Waals surface area (Å²) in [6, 6.07) is 10.1. The van der Waals surface area contributed by atoms with Crippen molar-refractivity contribution >= 4 is 31.9 Å². The first kappa shape index (κ1) is 9.87. The molecule has 2 rings (SSSR count).